The molecule has 0 unspecified atom stereocenters. The first kappa shape index (κ1) is 41.2. The summed E-state index contributed by atoms with van der Waals surface area (Å²) in [6.45, 7) is 19.0. The molecule has 9 aromatic rings. The second-order valence-corrected chi connectivity index (χ2v) is 21.7. The lowest BCUT2D eigenvalue weighted by Crippen LogP contribution is -2.30. The molecular formula is C66H57N. The highest BCUT2D eigenvalue weighted by Crippen LogP contribution is 2.65. The van der Waals surface area contributed by atoms with Gasteiger partial charge >= 0.3 is 0 Å². The van der Waals surface area contributed by atoms with E-state index in [0.29, 0.717) is 0 Å². The van der Waals surface area contributed by atoms with E-state index in [0.717, 1.165) is 11.4 Å². The van der Waals surface area contributed by atoms with Crippen molar-refractivity contribution in [3.8, 4) is 55.6 Å². The number of anilines is 3. The summed E-state index contributed by atoms with van der Waals surface area (Å²) in [6.07, 6.45) is 0. The van der Waals surface area contributed by atoms with Crippen LogP contribution in [0.1, 0.15) is 99.9 Å². The Bertz CT molecular complexity index is 3390. The summed E-state index contributed by atoms with van der Waals surface area (Å²) < 4.78 is 0. The molecule has 0 amide bonds. The molecule has 0 saturated carbocycles. The van der Waals surface area contributed by atoms with E-state index in [9.17, 15) is 0 Å². The van der Waals surface area contributed by atoms with Crippen LogP contribution in [0.5, 0.6) is 0 Å². The standard InChI is InChI=1S/C66H57N/c1-63(2,3)43-34-36-53-58(38-43)66(55-31-19-15-27-49(55)47-25-12-13-26-48(47)50-28-16-20-32-56(50)66)59-39-44(64(4,5)6)40-61(62(53)59)67(60-33-21-17-24-46(60)42-22-10-9-11-23-42)45-35-37-52-51-29-14-18-30-54(51)65(7,8)57(52)41-45/h9-41H,1-8H3. The highest BCUT2D eigenvalue weighted by molar-refractivity contribution is 6.03. The van der Waals surface area contributed by atoms with Crippen LogP contribution in [0.25, 0.3) is 55.6 Å². The van der Waals surface area contributed by atoms with Crippen molar-refractivity contribution in [2.24, 2.45) is 0 Å². The fourth-order valence-electron chi connectivity index (χ4n) is 12.0. The zero-order valence-corrected chi connectivity index (χ0v) is 40.0. The molecule has 1 spiro atoms. The topological polar surface area (TPSA) is 3.24 Å². The molecule has 0 aromatic heterocycles. The molecule has 3 aliphatic carbocycles. The molecule has 0 saturated heterocycles. The van der Waals surface area contributed by atoms with Crippen LogP contribution in [0.3, 0.4) is 0 Å². The van der Waals surface area contributed by atoms with Crippen molar-refractivity contribution in [2.45, 2.75) is 77.0 Å². The first-order chi connectivity index (χ1) is 32.3. The fourth-order valence-corrected chi connectivity index (χ4v) is 12.0. The van der Waals surface area contributed by atoms with Gasteiger partial charge in [0.1, 0.15) is 0 Å². The highest BCUT2D eigenvalue weighted by Gasteiger charge is 2.52. The summed E-state index contributed by atoms with van der Waals surface area (Å²) in [5, 5.41) is 0. The van der Waals surface area contributed by atoms with Crippen molar-refractivity contribution in [3.63, 3.8) is 0 Å². The van der Waals surface area contributed by atoms with Gasteiger partial charge in [-0.1, -0.05) is 231 Å². The van der Waals surface area contributed by atoms with Crippen LogP contribution in [0.15, 0.2) is 200 Å². The molecule has 0 atom stereocenters. The average Bonchev–Trinajstić information content (AvgIpc) is 3.72. The van der Waals surface area contributed by atoms with E-state index in [1.807, 2.05) is 0 Å². The molecule has 0 radical (unpaired) electrons. The Morgan fingerprint density at radius 1 is 0.328 bits per heavy atom. The van der Waals surface area contributed by atoms with E-state index < -0.39 is 5.41 Å². The monoisotopic (exact) mass is 863 g/mol. The molecule has 326 valence electrons. The van der Waals surface area contributed by atoms with Crippen LogP contribution in [-0.2, 0) is 21.7 Å². The molecule has 1 nitrogen and oxygen atoms in total. The summed E-state index contributed by atoms with van der Waals surface area (Å²) in [6, 6.07) is 76.6. The van der Waals surface area contributed by atoms with Crippen LogP contribution in [-0.4, -0.2) is 0 Å². The maximum absolute atomic E-state index is 2.62. The summed E-state index contributed by atoms with van der Waals surface area (Å²) in [7, 11) is 0. The Morgan fingerprint density at radius 3 is 1.42 bits per heavy atom. The number of fused-ring (bicyclic) bond motifs is 15. The molecule has 0 fully saturated rings. The van der Waals surface area contributed by atoms with Crippen molar-refractivity contribution >= 4 is 17.1 Å². The van der Waals surface area contributed by atoms with Gasteiger partial charge in [0.2, 0.25) is 0 Å². The molecule has 0 aliphatic heterocycles. The lowest BCUT2D eigenvalue weighted by molar-refractivity contribution is 0.586. The lowest BCUT2D eigenvalue weighted by Gasteiger charge is -2.37. The third kappa shape index (κ3) is 6.00. The van der Waals surface area contributed by atoms with Gasteiger partial charge in [-0.15, -0.1) is 0 Å². The van der Waals surface area contributed by atoms with Crippen molar-refractivity contribution in [1.29, 1.82) is 0 Å². The third-order valence-electron chi connectivity index (χ3n) is 15.4. The molecule has 1 heteroatoms. The number of benzene rings is 9. The molecular weight excluding hydrogens is 807 g/mol. The predicted molar refractivity (Wildman–Crippen MR) is 283 cm³/mol. The summed E-state index contributed by atoms with van der Waals surface area (Å²) in [5.41, 5.74) is 25.8. The summed E-state index contributed by atoms with van der Waals surface area (Å²) in [5.74, 6) is 0. The second-order valence-electron chi connectivity index (χ2n) is 21.7. The van der Waals surface area contributed by atoms with Gasteiger partial charge in [0.15, 0.2) is 0 Å². The zero-order chi connectivity index (χ0) is 46.0. The quantitative estimate of drug-likeness (QED) is 0.170. The van der Waals surface area contributed by atoms with Gasteiger partial charge in [0.05, 0.1) is 16.8 Å². The van der Waals surface area contributed by atoms with E-state index >= 15 is 0 Å². The van der Waals surface area contributed by atoms with E-state index in [4.69, 9.17) is 0 Å². The minimum atomic E-state index is -0.652. The molecule has 12 rings (SSSR count). The SMILES string of the molecule is CC(C)(C)c1ccc2c(c1)C1(c3ccccc3-c3ccccc3-c3ccccc31)c1cc(C(C)(C)C)cc(N(c3ccc4c(c3)C(C)(C)c3ccccc3-4)c3ccccc3-c3ccccc3)c1-2. The smallest absolute Gasteiger partial charge is 0.0726 e. The third-order valence-corrected chi connectivity index (χ3v) is 15.4. The lowest BCUT2D eigenvalue weighted by atomic mass is 9.64. The van der Waals surface area contributed by atoms with Crippen molar-refractivity contribution in [2.75, 3.05) is 4.90 Å². The number of hydrogen-bond acceptors (Lipinski definition) is 1. The Kier molecular flexibility index (Phi) is 9.01. The van der Waals surface area contributed by atoms with Crippen molar-refractivity contribution < 1.29 is 0 Å². The summed E-state index contributed by atoms with van der Waals surface area (Å²) >= 11 is 0. The van der Waals surface area contributed by atoms with Gasteiger partial charge in [-0.25, -0.2) is 0 Å². The van der Waals surface area contributed by atoms with Gasteiger partial charge in [-0.3, -0.25) is 0 Å². The number of hydrogen-bond donors (Lipinski definition) is 0. The second kappa shape index (κ2) is 14.6. The Hall–Kier alpha value is -7.22. The molecule has 67 heavy (non-hydrogen) atoms. The predicted octanol–water partition coefficient (Wildman–Crippen LogP) is 17.7. The Morgan fingerprint density at radius 2 is 0.806 bits per heavy atom. The van der Waals surface area contributed by atoms with Crippen molar-refractivity contribution in [3.05, 3.63) is 245 Å². The van der Waals surface area contributed by atoms with Crippen LogP contribution < -0.4 is 4.90 Å². The van der Waals surface area contributed by atoms with Gasteiger partial charge in [-0.2, -0.15) is 0 Å². The van der Waals surface area contributed by atoms with Crippen LogP contribution >= 0.6 is 0 Å². The number of para-hydroxylation sites is 1. The van der Waals surface area contributed by atoms with Gasteiger partial charge < -0.3 is 4.90 Å². The van der Waals surface area contributed by atoms with E-state index in [1.54, 1.807) is 0 Å². The van der Waals surface area contributed by atoms with E-state index in [-0.39, 0.29) is 16.2 Å². The van der Waals surface area contributed by atoms with Crippen LogP contribution in [0.4, 0.5) is 17.1 Å². The average molecular weight is 864 g/mol. The molecule has 0 N–H and O–H groups in total. The van der Waals surface area contributed by atoms with Crippen molar-refractivity contribution in [1.82, 2.24) is 0 Å². The minimum absolute atomic E-state index is 0.0768. The van der Waals surface area contributed by atoms with Gasteiger partial charge in [0, 0.05) is 22.2 Å². The normalized spacial score (nSPS) is 14.5. The maximum Gasteiger partial charge on any atom is 0.0726 e. The van der Waals surface area contributed by atoms with Gasteiger partial charge in [0.25, 0.3) is 0 Å². The van der Waals surface area contributed by atoms with Crippen LogP contribution in [0.2, 0.25) is 0 Å². The van der Waals surface area contributed by atoms with Crippen LogP contribution in [0, 0.1) is 0 Å². The molecule has 9 aromatic carbocycles. The summed E-state index contributed by atoms with van der Waals surface area (Å²) in [4.78, 5) is 2.62. The Balaban J connectivity index is 1.27. The number of nitrogens with zero attached hydrogens (tertiary/aromatic N) is 1. The zero-order valence-electron chi connectivity index (χ0n) is 40.0. The maximum atomic E-state index is 2.62. The Labute approximate surface area is 397 Å². The number of rotatable bonds is 4. The first-order valence-corrected chi connectivity index (χ1v) is 24.1. The highest BCUT2D eigenvalue weighted by atomic mass is 15.1. The fraction of sp³-hybridized carbons (Fsp3) is 0.182. The van der Waals surface area contributed by atoms with E-state index in [1.165, 1.54) is 106 Å². The van der Waals surface area contributed by atoms with Gasteiger partial charge in [-0.05, 0) is 124 Å². The molecule has 3 aliphatic rings. The largest absolute Gasteiger partial charge is 0.309 e. The molecule has 0 bridgehead atoms. The first-order valence-electron chi connectivity index (χ1n) is 24.1. The minimum Gasteiger partial charge on any atom is -0.309 e. The molecule has 0 heterocycles. The van der Waals surface area contributed by atoms with E-state index in [2.05, 4.69) is 260 Å².